The number of carboxylic acid groups (broad SMARTS) is 1. The molecule has 1 aromatic carbocycles. The van der Waals surface area contributed by atoms with Crippen molar-refractivity contribution >= 4 is 11.8 Å². The van der Waals surface area contributed by atoms with Crippen LogP contribution in [0, 0.1) is 0 Å². The maximum absolute atomic E-state index is 11.4. The van der Waals surface area contributed by atoms with Crippen LogP contribution in [0.15, 0.2) is 24.3 Å². The summed E-state index contributed by atoms with van der Waals surface area (Å²) in [5.41, 5.74) is 0.774. The van der Waals surface area contributed by atoms with Gasteiger partial charge in [0.05, 0.1) is 0 Å². The highest BCUT2D eigenvalue weighted by molar-refractivity contribution is 5.88. The lowest BCUT2D eigenvalue weighted by atomic mass is 10.0. The third-order valence-corrected chi connectivity index (χ3v) is 2.59. The van der Waals surface area contributed by atoms with E-state index >= 15 is 0 Å². The predicted octanol–water partition coefficient (Wildman–Crippen LogP) is 2.15. The highest BCUT2D eigenvalue weighted by Gasteiger charge is 2.28. The van der Waals surface area contributed by atoms with Crippen molar-refractivity contribution in [1.29, 1.82) is 0 Å². The minimum atomic E-state index is -1.000. The third-order valence-electron chi connectivity index (χ3n) is 2.59. The second kappa shape index (κ2) is 4.68. The fourth-order valence-electron chi connectivity index (χ4n) is 1.86. The fraction of sp³-hybridized carbons (Fsp3) is 0.333. The van der Waals surface area contributed by atoms with Crippen molar-refractivity contribution in [2.24, 2.45) is 0 Å². The molecule has 19 heavy (non-hydrogen) atoms. The number of nitrogens with one attached hydrogen (secondary N) is 1. The van der Waals surface area contributed by atoms with E-state index in [9.17, 15) is 9.90 Å². The Labute approximate surface area is 110 Å². The molecule has 0 aliphatic heterocycles. The van der Waals surface area contributed by atoms with Crippen molar-refractivity contribution in [2.75, 3.05) is 4.90 Å². The minimum Gasteiger partial charge on any atom is -0.465 e. The van der Waals surface area contributed by atoms with Crippen LogP contribution in [0.2, 0.25) is 0 Å². The number of amides is 1. The van der Waals surface area contributed by atoms with Gasteiger partial charge in [0.25, 0.3) is 0 Å². The molecular formula is C12H15N5O2. The fourth-order valence-corrected chi connectivity index (χ4v) is 1.86. The molecule has 100 valence electrons. The topological polar surface area (TPSA) is 95.0 Å². The zero-order chi connectivity index (χ0) is 14.0. The molecule has 7 heteroatoms. The zero-order valence-electron chi connectivity index (χ0n) is 11.0. The zero-order valence-corrected chi connectivity index (χ0v) is 11.0. The molecule has 0 radical (unpaired) electrons. The lowest BCUT2D eigenvalue weighted by Crippen LogP contribution is -2.45. The van der Waals surface area contributed by atoms with Crippen LogP contribution in [0.1, 0.15) is 20.8 Å². The van der Waals surface area contributed by atoms with Gasteiger partial charge in [-0.25, -0.2) is 9.89 Å². The first-order valence-corrected chi connectivity index (χ1v) is 5.77. The molecule has 0 saturated heterocycles. The van der Waals surface area contributed by atoms with Crippen LogP contribution < -0.4 is 4.90 Å². The van der Waals surface area contributed by atoms with E-state index < -0.39 is 11.6 Å². The van der Waals surface area contributed by atoms with E-state index in [1.807, 2.05) is 26.8 Å². The maximum atomic E-state index is 11.4. The minimum absolute atomic E-state index is 0.501. The van der Waals surface area contributed by atoms with E-state index in [1.54, 1.807) is 18.2 Å². The van der Waals surface area contributed by atoms with Gasteiger partial charge in [0.2, 0.25) is 0 Å². The first-order valence-electron chi connectivity index (χ1n) is 5.77. The molecule has 0 spiro atoms. The molecule has 0 atom stereocenters. The summed E-state index contributed by atoms with van der Waals surface area (Å²) in [7, 11) is 0. The number of H-pyrrole nitrogens is 1. The summed E-state index contributed by atoms with van der Waals surface area (Å²) in [6.45, 7) is 5.51. The molecule has 2 aromatic rings. The summed E-state index contributed by atoms with van der Waals surface area (Å²) in [4.78, 5) is 12.7. The Bertz CT molecular complexity index is 574. The number of hydrogen-bond acceptors (Lipinski definition) is 4. The smallest absolute Gasteiger partial charge is 0.412 e. The summed E-state index contributed by atoms with van der Waals surface area (Å²) in [6.07, 6.45) is -1.000. The standard InChI is InChI=1S/C12H15N5O2/c1-12(2,3)17(11(18)19)9-6-4-5-8(7-9)10-13-15-16-14-10/h4-7H,1-3H3,(H,18,19)(H,13,14,15,16). The molecule has 7 nitrogen and oxygen atoms in total. The summed E-state index contributed by atoms with van der Waals surface area (Å²) in [5, 5.41) is 22.8. The van der Waals surface area contributed by atoms with Crippen molar-refractivity contribution in [1.82, 2.24) is 20.6 Å². The van der Waals surface area contributed by atoms with Crippen LogP contribution in [0.25, 0.3) is 11.4 Å². The van der Waals surface area contributed by atoms with Crippen molar-refractivity contribution in [3.05, 3.63) is 24.3 Å². The summed E-state index contributed by atoms with van der Waals surface area (Å²) >= 11 is 0. The molecule has 1 aromatic heterocycles. The lowest BCUT2D eigenvalue weighted by molar-refractivity contribution is 0.195. The third kappa shape index (κ3) is 2.70. The number of hydrogen-bond donors (Lipinski definition) is 2. The van der Waals surface area contributed by atoms with Crippen LogP contribution in [0.5, 0.6) is 0 Å². The van der Waals surface area contributed by atoms with E-state index in [-0.39, 0.29) is 0 Å². The Morgan fingerprint density at radius 3 is 2.63 bits per heavy atom. The molecule has 0 aliphatic rings. The number of benzene rings is 1. The highest BCUT2D eigenvalue weighted by atomic mass is 16.4. The van der Waals surface area contributed by atoms with E-state index in [0.717, 1.165) is 5.56 Å². The Morgan fingerprint density at radius 1 is 1.37 bits per heavy atom. The second-order valence-corrected chi connectivity index (χ2v) is 5.09. The molecule has 0 saturated carbocycles. The maximum Gasteiger partial charge on any atom is 0.412 e. The van der Waals surface area contributed by atoms with Gasteiger partial charge >= 0.3 is 6.09 Å². The van der Waals surface area contributed by atoms with Gasteiger partial charge in [0.1, 0.15) is 0 Å². The Kier molecular flexibility index (Phi) is 3.20. The molecule has 1 amide bonds. The van der Waals surface area contributed by atoms with Crippen LogP contribution in [0.4, 0.5) is 10.5 Å². The predicted molar refractivity (Wildman–Crippen MR) is 69.9 cm³/mol. The number of aromatic nitrogens is 4. The van der Waals surface area contributed by atoms with Crippen molar-refractivity contribution in [3.8, 4) is 11.4 Å². The van der Waals surface area contributed by atoms with E-state index in [2.05, 4.69) is 20.6 Å². The molecule has 0 aliphatic carbocycles. The summed E-state index contributed by atoms with van der Waals surface area (Å²) < 4.78 is 0. The van der Waals surface area contributed by atoms with Gasteiger partial charge in [-0.2, -0.15) is 0 Å². The first-order chi connectivity index (χ1) is 8.89. The molecule has 2 N–H and O–H groups in total. The van der Waals surface area contributed by atoms with Crippen LogP contribution in [0.3, 0.4) is 0 Å². The molecule has 1 heterocycles. The number of aromatic amines is 1. The van der Waals surface area contributed by atoms with Crippen LogP contribution in [-0.2, 0) is 0 Å². The SMILES string of the molecule is CC(C)(C)N(C(=O)O)c1cccc(-c2nnn[nH]2)c1. The first kappa shape index (κ1) is 13.0. The lowest BCUT2D eigenvalue weighted by Gasteiger charge is -2.33. The molecule has 0 unspecified atom stereocenters. The Hall–Kier alpha value is -2.44. The summed E-state index contributed by atoms with van der Waals surface area (Å²) in [6, 6.07) is 7.07. The number of carbonyl (C=O) groups is 1. The van der Waals surface area contributed by atoms with Gasteiger partial charge in [0, 0.05) is 16.8 Å². The summed E-state index contributed by atoms with van der Waals surface area (Å²) in [5.74, 6) is 0.501. The van der Waals surface area contributed by atoms with Gasteiger partial charge in [-0.15, -0.1) is 5.10 Å². The van der Waals surface area contributed by atoms with Gasteiger partial charge in [-0.05, 0) is 43.3 Å². The Morgan fingerprint density at radius 2 is 2.11 bits per heavy atom. The van der Waals surface area contributed by atoms with E-state index in [1.165, 1.54) is 4.90 Å². The van der Waals surface area contributed by atoms with Crippen molar-refractivity contribution < 1.29 is 9.90 Å². The number of nitrogens with zero attached hydrogens (tertiary/aromatic N) is 4. The largest absolute Gasteiger partial charge is 0.465 e. The molecule has 2 rings (SSSR count). The van der Waals surface area contributed by atoms with Gasteiger partial charge in [0.15, 0.2) is 5.82 Å². The average molecular weight is 261 g/mol. The van der Waals surface area contributed by atoms with Crippen LogP contribution in [-0.4, -0.2) is 37.4 Å². The second-order valence-electron chi connectivity index (χ2n) is 5.09. The van der Waals surface area contributed by atoms with Crippen molar-refractivity contribution in [3.63, 3.8) is 0 Å². The monoisotopic (exact) mass is 261 g/mol. The van der Waals surface area contributed by atoms with Gasteiger partial charge in [-0.3, -0.25) is 4.90 Å². The van der Waals surface area contributed by atoms with Crippen molar-refractivity contribution in [2.45, 2.75) is 26.3 Å². The Balaban J connectivity index is 2.45. The van der Waals surface area contributed by atoms with E-state index in [0.29, 0.717) is 11.5 Å². The normalized spacial score (nSPS) is 11.3. The number of rotatable bonds is 2. The van der Waals surface area contributed by atoms with Gasteiger partial charge in [-0.1, -0.05) is 12.1 Å². The van der Waals surface area contributed by atoms with Gasteiger partial charge < -0.3 is 5.11 Å². The number of anilines is 1. The van der Waals surface area contributed by atoms with E-state index in [4.69, 9.17) is 0 Å². The average Bonchev–Trinajstić information content (AvgIpc) is 2.80. The molecule has 0 fully saturated rings. The quantitative estimate of drug-likeness (QED) is 0.863. The van der Waals surface area contributed by atoms with Crippen LogP contribution >= 0.6 is 0 Å². The molecular weight excluding hydrogens is 246 g/mol. The highest BCUT2D eigenvalue weighted by Crippen LogP contribution is 2.27. The number of tetrazole rings is 1. The molecule has 0 bridgehead atoms.